The number of hydrogen-bond donors (Lipinski definition) is 2. The number of aryl methyl sites for hydroxylation is 1. The molecule has 8 heteroatoms. The van der Waals surface area contributed by atoms with Gasteiger partial charge in [0, 0.05) is 15.5 Å². The molecule has 0 unspecified atom stereocenters. The third-order valence-electron chi connectivity index (χ3n) is 3.50. The number of nitrogens with one attached hydrogen (secondary N) is 2. The van der Waals surface area contributed by atoms with Crippen molar-refractivity contribution in [3.05, 3.63) is 69.4 Å². The van der Waals surface area contributed by atoms with Crippen LogP contribution in [-0.4, -0.2) is 9.97 Å². The van der Waals surface area contributed by atoms with E-state index in [1.807, 2.05) is 53.8 Å². The van der Waals surface area contributed by atoms with Crippen molar-refractivity contribution in [2.24, 2.45) is 0 Å². The molecule has 26 heavy (non-hydrogen) atoms. The van der Waals surface area contributed by atoms with E-state index in [9.17, 15) is 13.2 Å². The summed E-state index contributed by atoms with van der Waals surface area (Å²) in [6, 6.07) is 14.4. The Kier molecular flexibility index (Phi) is 5.30. The molecule has 2 aromatic carbocycles. The summed E-state index contributed by atoms with van der Waals surface area (Å²) in [5.41, 5.74) is 1.33. The Balaban J connectivity index is 1.98. The fourth-order valence-electron chi connectivity index (χ4n) is 2.29. The van der Waals surface area contributed by atoms with Crippen LogP contribution in [0.2, 0.25) is 0 Å². The van der Waals surface area contributed by atoms with E-state index < -0.39 is 11.7 Å². The molecule has 0 amide bonds. The minimum Gasteiger partial charge on any atom is -0.339 e. The Hall–Kier alpha value is -2.36. The summed E-state index contributed by atoms with van der Waals surface area (Å²) in [5, 5.41) is 5.70. The minimum absolute atomic E-state index is 0.0806. The van der Waals surface area contributed by atoms with Crippen molar-refractivity contribution < 1.29 is 13.2 Å². The van der Waals surface area contributed by atoms with Gasteiger partial charge in [-0.05, 0) is 59.3 Å². The first-order chi connectivity index (χ1) is 12.3. The maximum atomic E-state index is 13.3. The van der Waals surface area contributed by atoms with Crippen LogP contribution in [0, 0.1) is 10.5 Å². The topological polar surface area (TPSA) is 49.8 Å². The average molecular weight is 470 g/mol. The summed E-state index contributed by atoms with van der Waals surface area (Å²) in [6.45, 7) is 1.92. The molecule has 0 spiro atoms. The third-order valence-corrected chi connectivity index (χ3v) is 4.44. The van der Waals surface area contributed by atoms with Crippen LogP contribution in [0.15, 0.2) is 54.7 Å². The number of para-hydroxylation sites is 1. The van der Waals surface area contributed by atoms with Gasteiger partial charge < -0.3 is 10.6 Å². The van der Waals surface area contributed by atoms with Crippen LogP contribution < -0.4 is 10.6 Å². The monoisotopic (exact) mass is 470 g/mol. The number of nitrogens with zero attached hydrogens (tertiary/aromatic N) is 2. The van der Waals surface area contributed by atoms with Crippen LogP contribution in [0.3, 0.4) is 0 Å². The Morgan fingerprint density at radius 1 is 1.00 bits per heavy atom. The van der Waals surface area contributed by atoms with Crippen molar-refractivity contribution in [2.75, 3.05) is 10.6 Å². The zero-order chi connectivity index (χ0) is 18.7. The highest BCUT2D eigenvalue weighted by atomic mass is 127. The van der Waals surface area contributed by atoms with Crippen molar-refractivity contribution >= 4 is 45.7 Å². The Morgan fingerprint density at radius 2 is 1.77 bits per heavy atom. The van der Waals surface area contributed by atoms with Crippen molar-refractivity contribution in [3.8, 4) is 0 Å². The SMILES string of the molecule is Cc1cccc(Nc2ncc(C(F)(F)F)c(Nc3ccccc3I)n2)c1. The van der Waals surface area contributed by atoms with Crippen LogP contribution in [0.25, 0.3) is 0 Å². The molecule has 3 rings (SSSR count). The second-order valence-corrected chi connectivity index (χ2v) is 6.72. The second-order valence-electron chi connectivity index (χ2n) is 5.55. The van der Waals surface area contributed by atoms with Crippen molar-refractivity contribution in [2.45, 2.75) is 13.1 Å². The number of rotatable bonds is 4. The van der Waals surface area contributed by atoms with Gasteiger partial charge in [-0.3, -0.25) is 0 Å². The standard InChI is InChI=1S/C18H14F3IN4/c1-11-5-4-6-12(9-11)24-17-23-10-13(18(19,20)21)16(26-17)25-15-8-3-2-7-14(15)22/h2-10H,1H3,(H2,23,24,25,26). The van der Waals surface area contributed by atoms with Gasteiger partial charge in [0.2, 0.25) is 5.95 Å². The zero-order valence-corrected chi connectivity index (χ0v) is 15.8. The lowest BCUT2D eigenvalue weighted by molar-refractivity contribution is -0.137. The fraction of sp³-hybridized carbons (Fsp3) is 0.111. The average Bonchev–Trinajstić information content (AvgIpc) is 2.56. The number of aromatic nitrogens is 2. The molecule has 0 atom stereocenters. The second kappa shape index (κ2) is 7.48. The van der Waals surface area contributed by atoms with E-state index in [0.29, 0.717) is 11.4 Å². The highest BCUT2D eigenvalue weighted by molar-refractivity contribution is 14.1. The molecule has 0 radical (unpaired) electrons. The highest BCUT2D eigenvalue weighted by Crippen LogP contribution is 2.36. The van der Waals surface area contributed by atoms with E-state index in [1.165, 1.54) is 0 Å². The van der Waals surface area contributed by atoms with Crippen LogP contribution in [0.1, 0.15) is 11.1 Å². The van der Waals surface area contributed by atoms with E-state index in [0.717, 1.165) is 15.3 Å². The number of anilines is 4. The first kappa shape index (κ1) is 18.4. The summed E-state index contributed by atoms with van der Waals surface area (Å²) >= 11 is 2.05. The van der Waals surface area contributed by atoms with Gasteiger partial charge in [0.1, 0.15) is 11.4 Å². The van der Waals surface area contributed by atoms with Crippen molar-refractivity contribution in [1.29, 1.82) is 0 Å². The maximum Gasteiger partial charge on any atom is 0.421 e. The maximum absolute atomic E-state index is 13.3. The molecule has 0 saturated heterocycles. The molecule has 1 aromatic heterocycles. The molecular formula is C18H14F3IN4. The molecule has 2 N–H and O–H groups in total. The van der Waals surface area contributed by atoms with Gasteiger partial charge in [0.15, 0.2) is 0 Å². The summed E-state index contributed by atoms with van der Waals surface area (Å²) in [6.07, 6.45) is -3.78. The quantitative estimate of drug-likeness (QED) is 0.467. The smallest absolute Gasteiger partial charge is 0.339 e. The van der Waals surface area contributed by atoms with Crippen molar-refractivity contribution in [3.63, 3.8) is 0 Å². The molecule has 0 aliphatic rings. The summed E-state index contributed by atoms with van der Waals surface area (Å²) in [5.74, 6) is -0.219. The van der Waals surface area contributed by atoms with Gasteiger partial charge in [0.05, 0.1) is 5.69 Å². The fourth-order valence-corrected chi connectivity index (χ4v) is 2.81. The Morgan fingerprint density at radius 3 is 2.46 bits per heavy atom. The van der Waals surface area contributed by atoms with Gasteiger partial charge in [-0.2, -0.15) is 18.2 Å². The molecule has 1 heterocycles. The Labute approximate surface area is 162 Å². The Bertz CT molecular complexity index is 928. The molecule has 0 fully saturated rings. The lowest BCUT2D eigenvalue weighted by Gasteiger charge is -2.15. The number of alkyl halides is 3. The number of halogens is 4. The van der Waals surface area contributed by atoms with E-state index in [2.05, 4.69) is 20.6 Å². The molecule has 4 nitrogen and oxygen atoms in total. The number of hydrogen-bond acceptors (Lipinski definition) is 4. The minimum atomic E-state index is -4.57. The van der Waals surface area contributed by atoms with Crippen LogP contribution >= 0.6 is 22.6 Å². The molecule has 0 saturated carbocycles. The van der Waals surface area contributed by atoms with Gasteiger partial charge in [-0.1, -0.05) is 24.3 Å². The van der Waals surface area contributed by atoms with Crippen LogP contribution in [0.4, 0.5) is 36.3 Å². The summed E-state index contributed by atoms with van der Waals surface area (Å²) in [7, 11) is 0. The van der Waals surface area contributed by atoms with Crippen LogP contribution in [-0.2, 0) is 6.18 Å². The number of benzene rings is 2. The van der Waals surface area contributed by atoms with Gasteiger partial charge in [-0.15, -0.1) is 0 Å². The largest absolute Gasteiger partial charge is 0.421 e. The first-order valence-corrected chi connectivity index (χ1v) is 8.70. The summed E-state index contributed by atoms with van der Waals surface area (Å²) in [4.78, 5) is 7.85. The molecule has 3 aromatic rings. The van der Waals surface area contributed by atoms with Gasteiger partial charge >= 0.3 is 6.18 Å². The van der Waals surface area contributed by atoms with E-state index in [1.54, 1.807) is 24.3 Å². The highest BCUT2D eigenvalue weighted by Gasteiger charge is 2.35. The van der Waals surface area contributed by atoms with E-state index in [-0.39, 0.29) is 11.8 Å². The molecular weight excluding hydrogens is 456 g/mol. The zero-order valence-electron chi connectivity index (χ0n) is 13.6. The van der Waals surface area contributed by atoms with Gasteiger partial charge in [0.25, 0.3) is 0 Å². The molecule has 134 valence electrons. The van der Waals surface area contributed by atoms with E-state index >= 15 is 0 Å². The molecule has 0 aliphatic heterocycles. The van der Waals surface area contributed by atoms with Crippen LogP contribution in [0.5, 0.6) is 0 Å². The summed E-state index contributed by atoms with van der Waals surface area (Å²) < 4.78 is 40.7. The lowest BCUT2D eigenvalue weighted by Crippen LogP contribution is -2.13. The normalized spacial score (nSPS) is 11.3. The van der Waals surface area contributed by atoms with Gasteiger partial charge in [-0.25, -0.2) is 4.98 Å². The third kappa shape index (κ3) is 4.43. The first-order valence-electron chi connectivity index (χ1n) is 7.62. The predicted molar refractivity (Wildman–Crippen MR) is 104 cm³/mol. The lowest BCUT2D eigenvalue weighted by atomic mass is 10.2. The molecule has 0 bridgehead atoms. The predicted octanol–water partition coefficient (Wildman–Crippen LogP) is 5.90. The van der Waals surface area contributed by atoms with E-state index in [4.69, 9.17) is 0 Å². The molecule has 0 aliphatic carbocycles. The van der Waals surface area contributed by atoms with Crippen molar-refractivity contribution in [1.82, 2.24) is 9.97 Å².